The van der Waals surface area contributed by atoms with Crippen LogP contribution in [0, 0.1) is 0 Å². The highest BCUT2D eigenvalue weighted by atomic mass is 35.5. The van der Waals surface area contributed by atoms with Crippen molar-refractivity contribution < 1.29 is 9.53 Å². The SMILES string of the molecule is COCCN1CCNCC1c1cccc2ccc(NC(=O)c3ccc(Cl)cc3)cc12. The molecule has 30 heavy (non-hydrogen) atoms. The third-order valence-electron chi connectivity index (χ3n) is 5.58. The minimum Gasteiger partial charge on any atom is -0.383 e. The number of carbonyl (C=O) groups is 1. The average Bonchev–Trinajstić information content (AvgIpc) is 2.78. The lowest BCUT2D eigenvalue weighted by Crippen LogP contribution is -2.47. The van der Waals surface area contributed by atoms with E-state index >= 15 is 0 Å². The Labute approximate surface area is 182 Å². The predicted octanol–water partition coefficient (Wildman–Crippen LogP) is 4.34. The van der Waals surface area contributed by atoms with Crippen molar-refractivity contribution in [2.24, 2.45) is 0 Å². The van der Waals surface area contributed by atoms with Crippen molar-refractivity contribution in [3.63, 3.8) is 0 Å². The Bertz CT molecular complexity index is 1020. The lowest BCUT2D eigenvalue weighted by molar-refractivity contribution is 0.102. The first-order valence-corrected chi connectivity index (χ1v) is 10.6. The zero-order valence-corrected chi connectivity index (χ0v) is 17.8. The predicted molar refractivity (Wildman–Crippen MR) is 122 cm³/mol. The number of methoxy groups -OCH3 is 1. The van der Waals surface area contributed by atoms with E-state index in [1.165, 1.54) is 5.56 Å². The molecule has 0 bridgehead atoms. The molecule has 0 aliphatic carbocycles. The summed E-state index contributed by atoms with van der Waals surface area (Å²) in [4.78, 5) is 15.1. The fourth-order valence-electron chi connectivity index (χ4n) is 4.00. The van der Waals surface area contributed by atoms with E-state index in [4.69, 9.17) is 16.3 Å². The van der Waals surface area contributed by atoms with Crippen LogP contribution in [0.3, 0.4) is 0 Å². The molecule has 1 atom stereocenters. The number of ether oxygens (including phenoxy) is 1. The first-order valence-electron chi connectivity index (χ1n) is 10.2. The molecule has 0 saturated carbocycles. The van der Waals surface area contributed by atoms with Crippen molar-refractivity contribution in [3.05, 3.63) is 76.8 Å². The summed E-state index contributed by atoms with van der Waals surface area (Å²) in [5.41, 5.74) is 2.62. The maximum atomic E-state index is 12.6. The van der Waals surface area contributed by atoms with Gasteiger partial charge in [0.1, 0.15) is 0 Å². The molecule has 2 N–H and O–H groups in total. The third kappa shape index (κ3) is 4.65. The van der Waals surface area contributed by atoms with Crippen LogP contribution in [0.15, 0.2) is 60.7 Å². The Balaban J connectivity index is 1.63. The molecule has 6 heteroatoms. The van der Waals surface area contributed by atoms with E-state index in [-0.39, 0.29) is 11.9 Å². The molecule has 5 nitrogen and oxygen atoms in total. The van der Waals surface area contributed by atoms with Crippen molar-refractivity contribution in [2.45, 2.75) is 6.04 Å². The van der Waals surface area contributed by atoms with E-state index in [2.05, 4.69) is 45.9 Å². The van der Waals surface area contributed by atoms with Crippen LogP contribution in [0.5, 0.6) is 0 Å². The van der Waals surface area contributed by atoms with Crippen molar-refractivity contribution in [2.75, 3.05) is 45.2 Å². The minimum absolute atomic E-state index is 0.149. The summed E-state index contributed by atoms with van der Waals surface area (Å²) >= 11 is 5.93. The number of fused-ring (bicyclic) bond motifs is 1. The number of benzene rings is 3. The van der Waals surface area contributed by atoms with Gasteiger partial charge in [0.25, 0.3) is 5.91 Å². The van der Waals surface area contributed by atoms with Crippen molar-refractivity contribution in [1.29, 1.82) is 0 Å². The van der Waals surface area contributed by atoms with Gasteiger partial charge in [0.2, 0.25) is 0 Å². The van der Waals surface area contributed by atoms with Gasteiger partial charge < -0.3 is 15.4 Å². The van der Waals surface area contributed by atoms with Crippen LogP contribution >= 0.6 is 11.6 Å². The van der Waals surface area contributed by atoms with Gasteiger partial charge in [0, 0.05) is 55.6 Å². The molecule has 1 heterocycles. The summed E-state index contributed by atoms with van der Waals surface area (Å²) in [6, 6.07) is 19.6. The van der Waals surface area contributed by atoms with E-state index in [9.17, 15) is 4.79 Å². The topological polar surface area (TPSA) is 53.6 Å². The van der Waals surface area contributed by atoms with Gasteiger partial charge in [-0.15, -0.1) is 0 Å². The summed E-state index contributed by atoms with van der Waals surface area (Å²) in [5, 5.41) is 9.46. The van der Waals surface area contributed by atoms with Gasteiger partial charge >= 0.3 is 0 Å². The molecule has 0 aromatic heterocycles. The Morgan fingerprint density at radius 3 is 2.83 bits per heavy atom. The Morgan fingerprint density at radius 2 is 2.03 bits per heavy atom. The number of piperazine rings is 1. The number of halogens is 1. The molecular formula is C24H26ClN3O2. The summed E-state index contributed by atoms with van der Waals surface area (Å²) in [6.45, 7) is 4.46. The third-order valence-corrected chi connectivity index (χ3v) is 5.83. The number of nitrogens with one attached hydrogen (secondary N) is 2. The summed E-state index contributed by atoms with van der Waals surface area (Å²) in [6.07, 6.45) is 0. The van der Waals surface area contributed by atoms with Gasteiger partial charge in [-0.3, -0.25) is 9.69 Å². The van der Waals surface area contributed by atoms with Gasteiger partial charge in [0.15, 0.2) is 0 Å². The molecule has 156 valence electrons. The van der Waals surface area contributed by atoms with Gasteiger partial charge in [0.05, 0.1) is 6.61 Å². The molecule has 1 unspecified atom stereocenters. The van der Waals surface area contributed by atoms with Crippen LogP contribution in [0.25, 0.3) is 10.8 Å². The van der Waals surface area contributed by atoms with Crippen LogP contribution < -0.4 is 10.6 Å². The molecule has 1 amide bonds. The normalized spacial score (nSPS) is 17.2. The number of rotatable bonds is 6. The molecule has 0 spiro atoms. The summed E-state index contributed by atoms with van der Waals surface area (Å²) in [5.74, 6) is -0.149. The van der Waals surface area contributed by atoms with E-state index in [0.717, 1.165) is 42.6 Å². The number of nitrogens with zero attached hydrogens (tertiary/aromatic N) is 1. The fourth-order valence-corrected chi connectivity index (χ4v) is 4.12. The number of anilines is 1. The van der Waals surface area contributed by atoms with Crippen LogP contribution in [-0.2, 0) is 4.74 Å². The average molecular weight is 424 g/mol. The van der Waals surface area contributed by atoms with Gasteiger partial charge in [-0.05, 0) is 52.7 Å². The molecule has 3 aromatic rings. The highest BCUT2D eigenvalue weighted by Gasteiger charge is 2.25. The maximum absolute atomic E-state index is 12.6. The molecule has 0 radical (unpaired) electrons. The van der Waals surface area contributed by atoms with E-state index in [0.29, 0.717) is 17.2 Å². The van der Waals surface area contributed by atoms with E-state index in [1.54, 1.807) is 31.4 Å². The van der Waals surface area contributed by atoms with E-state index < -0.39 is 0 Å². The van der Waals surface area contributed by atoms with E-state index in [1.807, 2.05) is 6.07 Å². The smallest absolute Gasteiger partial charge is 0.255 e. The quantitative estimate of drug-likeness (QED) is 0.619. The molecule has 1 aliphatic heterocycles. The maximum Gasteiger partial charge on any atom is 0.255 e. The van der Waals surface area contributed by atoms with Crippen LogP contribution in [-0.4, -0.2) is 50.7 Å². The Kier molecular flexibility index (Phi) is 6.65. The largest absolute Gasteiger partial charge is 0.383 e. The number of carbonyl (C=O) groups excluding carboxylic acids is 1. The monoisotopic (exact) mass is 423 g/mol. The highest BCUT2D eigenvalue weighted by Crippen LogP contribution is 2.31. The zero-order valence-electron chi connectivity index (χ0n) is 17.0. The van der Waals surface area contributed by atoms with Gasteiger partial charge in [-0.1, -0.05) is 35.9 Å². The Morgan fingerprint density at radius 1 is 1.20 bits per heavy atom. The first kappa shape index (κ1) is 20.8. The zero-order chi connectivity index (χ0) is 20.9. The highest BCUT2D eigenvalue weighted by molar-refractivity contribution is 6.30. The van der Waals surface area contributed by atoms with Crippen LogP contribution in [0.4, 0.5) is 5.69 Å². The van der Waals surface area contributed by atoms with Crippen molar-refractivity contribution in [1.82, 2.24) is 10.2 Å². The number of hydrogen-bond acceptors (Lipinski definition) is 4. The van der Waals surface area contributed by atoms with Crippen LogP contribution in [0.1, 0.15) is 22.0 Å². The summed E-state index contributed by atoms with van der Waals surface area (Å²) in [7, 11) is 1.74. The number of amides is 1. The second-order valence-electron chi connectivity index (χ2n) is 7.49. The minimum atomic E-state index is -0.149. The molecule has 3 aromatic carbocycles. The van der Waals surface area contributed by atoms with Crippen molar-refractivity contribution >= 4 is 34.0 Å². The molecule has 1 fully saturated rings. The fraction of sp³-hybridized carbons (Fsp3) is 0.292. The molecule has 1 saturated heterocycles. The second-order valence-corrected chi connectivity index (χ2v) is 7.93. The second kappa shape index (κ2) is 9.58. The van der Waals surface area contributed by atoms with Crippen LogP contribution in [0.2, 0.25) is 5.02 Å². The van der Waals surface area contributed by atoms with Gasteiger partial charge in [-0.2, -0.15) is 0 Å². The standard InChI is InChI=1S/C24H26ClN3O2/c1-30-14-13-28-12-11-26-16-23(28)21-4-2-3-17-7-10-20(15-22(17)21)27-24(29)18-5-8-19(25)9-6-18/h2-10,15,23,26H,11-14,16H2,1H3,(H,27,29). The van der Waals surface area contributed by atoms with Crippen molar-refractivity contribution in [3.8, 4) is 0 Å². The summed E-state index contributed by atoms with van der Waals surface area (Å²) < 4.78 is 5.31. The lowest BCUT2D eigenvalue weighted by atomic mass is 9.96. The molecular weight excluding hydrogens is 398 g/mol. The number of hydrogen-bond donors (Lipinski definition) is 2. The molecule has 4 rings (SSSR count). The Hall–Kier alpha value is -2.44. The lowest BCUT2D eigenvalue weighted by Gasteiger charge is -2.37. The first-order chi connectivity index (χ1) is 14.7. The van der Waals surface area contributed by atoms with Gasteiger partial charge in [-0.25, -0.2) is 0 Å². The molecule has 1 aliphatic rings.